The van der Waals surface area contributed by atoms with Crippen LogP contribution in [-0.4, -0.2) is 24.8 Å². The van der Waals surface area contributed by atoms with E-state index in [1.165, 1.54) is 12.1 Å². The lowest BCUT2D eigenvalue weighted by Gasteiger charge is -2.20. The van der Waals surface area contributed by atoms with Crippen molar-refractivity contribution < 1.29 is 18.1 Å². The topological polar surface area (TPSA) is 118 Å². The number of carbonyl (C=O) groups excluding carboxylic acids is 1. The molecule has 0 aliphatic rings. The highest BCUT2D eigenvalue weighted by Crippen LogP contribution is 2.20. The van der Waals surface area contributed by atoms with E-state index in [2.05, 4.69) is 10.0 Å². The van der Waals surface area contributed by atoms with Crippen molar-refractivity contribution in [3.8, 4) is 0 Å². The average molecular weight is 377 g/mol. The molecule has 0 unspecified atom stereocenters. The quantitative estimate of drug-likeness (QED) is 0.613. The van der Waals surface area contributed by atoms with Gasteiger partial charge in [0.15, 0.2) is 0 Å². The van der Waals surface area contributed by atoms with Crippen molar-refractivity contribution in [2.75, 3.05) is 4.72 Å². The zero-order valence-electron chi connectivity index (χ0n) is 14.5. The van der Waals surface area contributed by atoms with Gasteiger partial charge in [-0.3, -0.25) is 19.6 Å². The zero-order chi connectivity index (χ0) is 19.5. The van der Waals surface area contributed by atoms with Crippen LogP contribution in [0, 0.1) is 10.1 Å². The summed E-state index contributed by atoms with van der Waals surface area (Å²) in [7, 11) is -3.94. The maximum Gasteiger partial charge on any atom is 0.269 e. The number of benzene rings is 2. The Bertz CT molecular complexity index is 932. The van der Waals surface area contributed by atoms with Gasteiger partial charge in [-0.25, -0.2) is 8.42 Å². The third kappa shape index (κ3) is 5.03. The van der Waals surface area contributed by atoms with Crippen LogP contribution < -0.4 is 10.0 Å². The summed E-state index contributed by atoms with van der Waals surface area (Å²) in [5.41, 5.74) is -0.107. The van der Waals surface area contributed by atoms with Crippen molar-refractivity contribution in [1.82, 2.24) is 5.32 Å². The van der Waals surface area contributed by atoms with E-state index in [1.807, 2.05) is 20.8 Å². The first-order chi connectivity index (χ1) is 12.0. The van der Waals surface area contributed by atoms with Gasteiger partial charge in [-0.15, -0.1) is 0 Å². The van der Waals surface area contributed by atoms with Gasteiger partial charge in [0, 0.05) is 28.9 Å². The molecular weight excluding hydrogens is 358 g/mol. The van der Waals surface area contributed by atoms with Crippen LogP contribution in [0.5, 0.6) is 0 Å². The number of nitro groups is 1. The number of nitrogens with zero attached hydrogens (tertiary/aromatic N) is 1. The van der Waals surface area contributed by atoms with Crippen molar-refractivity contribution in [3.63, 3.8) is 0 Å². The predicted octanol–water partition coefficient (Wildman–Crippen LogP) is 2.92. The van der Waals surface area contributed by atoms with Gasteiger partial charge in [-0.1, -0.05) is 6.07 Å². The van der Waals surface area contributed by atoms with Crippen LogP contribution in [0.25, 0.3) is 0 Å². The average Bonchev–Trinajstić information content (AvgIpc) is 2.53. The summed E-state index contributed by atoms with van der Waals surface area (Å²) in [6.45, 7) is 5.52. The van der Waals surface area contributed by atoms with Crippen molar-refractivity contribution in [2.24, 2.45) is 0 Å². The second-order valence-electron chi connectivity index (χ2n) is 6.64. The Labute approximate surface area is 151 Å². The molecule has 0 heterocycles. The van der Waals surface area contributed by atoms with Gasteiger partial charge >= 0.3 is 0 Å². The minimum atomic E-state index is -3.94. The smallest absolute Gasteiger partial charge is 0.269 e. The Morgan fingerprint density at radius 3 is 2.23 bits per heavy atom. The van der Waals surface area contributed by atoms with E-state index in [9.17, 15) is 23.3 Å². The number of hydrogen-bond donors (Lipinski definition) is 2. The normalized spacial score (nSPS) is 11.7. The van der Waals surface area contributed by atoms with Crippen LogP contribution in [0.15, 0.2) is 53.4 Å². The summed E-state index contributed by atoms with van der Waals surface area (Å²) < 4.78 is 27.2. The molecule has 1 amide bonds. The third-order valence-corrected chi connectivity index (χ3v) is 4.62. The highest BCUT2D eigenvalue weighted by molar-refractivity contribution is 7.92. The van der Waals surface area contributed by atoms with Gasteiger partial charge in [0.25, 0.3) is 21.6 Å². The van der Waals surface area contributed by atoms with E-state index in [0.29, 0.717) is 5.56 Å². The Balaban J connectivity index is 2.23. The van der Waals surface area contributed by atoms with Gasteiger partial charge in [0.05, 0.1) is 9.82 Å². The van der Waals surface area contributed by atoms with E-state index in [-0.39, 0.29) is 22.2 Å². The molecule has 2 N–H and O–H groups in total. The van der Waals surface area contributed by atoms with Crippen LogP contribution in [0.1, 0.15) is 31.1 Å². The number of non-ortho nitro benzene ring substituents is 1. The number of anilines is 1. The monoisotopic (exact) mass is 377 g/mol. The standard InChI is InChI=1S/C17H19N3O5S/c1-17(2,3)18-16(21)12-5-4-6-13(11-12)19-26(24,25)15-9-7-14(8-10-15)20(22)23/h4-11,19H,1-3H3,(H,18,21). The lowest BCUT2D eigenvalue weighted by atomic mass is 10.1. The second-order valence-corrected chi connectivity index (χ2v) is 8.32. The van der Waals surface area contributed by atoms with Crippen LogP contribution in [0.3, 0.4) is 0 Å². The summed E-state index contributed by atoms with van der Waals surface area (Å²) in [5, 5.41) is 13.4. The van der Waals surface area contributed by atoms with Crippen LogP contribution in [-0.2, 0) is 10.0 Å². The van der Waals surface area contributed by atoms with Gasteiger partial charge in [0.2, 0.25) is 0 Å². The first-order valence-electron chi connectivity index (χ1n) is 7.68. The fourth-order valence-corrected chi connectivity index (χ4v) is 3.15. The minimum absolute atomic E-state index is 0.118. The number of nitro benzene ring substituents is 1. The molecule has 0 saturated carbocycles. The molecule has 0 saturated heterocycles. The molecule has 0 atom stereocenters. The second kappa shape index (κ2) is 7.12. The lowest BCUT2D eigenvalue weighted by Crippen LogP contribution is -2.40. The fourth-order valence-electron chi connectivity index (χ4n) is 2.10. The molecule has 0 bridgehead atoms. The van der Waals surface area contributed by atoms with Gasteiger partial charge in [-0.2, -0.15) is 0 Å². The highest BCUT2D eigenvalue weighted by Gasteiger charge is 2.18. The summed E-state index contributed by atoms with van der Waals surface area (Å²) in [6, 6.07) is 10.6. The summed E-state index contributed by atoms with van der Waals surface area (Å²) in [4.78, 5) is 22.1. The number of amides is 1. The maximum absolute atomic E-state index is 12.4. The molecule has 26 heavy (non-hydrogen) atoms. The van der Waals surface area contributed by atoms with Gasteiger partial charge in [0.1, 0.15) is 0 Å². The molecule has 0 fully saturated rings. The maximum atomic E-state index is 12.4. The van der Waals surface area contributed by atoms with E-state index in [0.717, 1.165) is 24.3 Å². The highest BCUT2D eigenvalue weighted by atomic mass is 32.2. The number of rotatable bonds is 5. The van der Waals surface area contributed by atoms with E-state index < -0.39 is 20.5 Å². The Morgan fingerprint density at radius 2 is 1.69 bits per heavy atom. The molecule has 2 aromatic carbocycles. The fraction of sp³-hybridized carbons (Fsp3) is 0.235. The van der Waals surface area contributed by atoms with Crippen molar-refractivity contribution in [1.29, 1.82) is 0 Å². The van der Waals surface area contributed by atoms with Crippen LogP contribution in [0.2, 0.25) is 0 Å². The molecule has 0 spiro atoms. The summed E-state index contributed by atoms with van der Waals surface area (Å²) >= 11 is 0. The molecule has 138 valence electrons. The van der Waals surface area contributed by atoms with Crippen molar-refractivity contribution in [3.05, 3.63) is 64.2 Å². The molecule has 2 rings (SSSR count). The van der Waals surface area contributed by atoms with Gasteiger partial charge < -0.3 is 5.32 Å². The molecule has 0 aliphatic carbocycles. The molecule has 0 aliphatic heterocycles. The number of nitrogens with one attached hydrogen (secondary N) is 2. The van der Waals surface area contributed by atoms with Crippen LogP contribution >= 0.6 is 0 Å². The zero-order valence-corrected chi connectivity index (χ0v) is 15.3. The Morgan fingerprint density at radius 1 is 1.08 bits per heavy atom. The summed E-state index contributed by atoms with van der Waals surface area (Å²) in [5.74, 6) is -0.325. The molecular formula is C17H19N3O5S. The SMILES string of the molecule is CC(C)(C)NC(=O)c1cccc(NS(=O)(=O)c2ccc([N+](=O)[O-])cc2)c1. The van der Waals surface area contributed by atoms with E-state index in [1.54, 1.807) is 12.1 Å². The molecule has 2 aromatic rings. The first kappa shape index (κ1) is 19.4. The predicted molar refractivity (Wildman–Crippen MR) is 97.6 cm³/mol. The molecule has 0 aromatic heterocycles. The lowest BCUT2D eigenvalue weighted by molar-refractivity contribution is -0.384. The van der Waals surface area contributed by atoms with Crippen LogP contribution in [0.4, 0.5) is 11.4 Å². The Kier molecular flexibility index (Phi) is 5.31. The molecule has 0 radical (unpaired) electrons. The third-order valence-electron chi connectivity index (χ3n) is 3.22. The van der Waals surface area contributed by atoms with E-state index in [4.69, 9.17) is 0 Å². The number of sulfonamides is 1. The largest absolute Gasteiger partial charge is 0.347 e. The number of hydrogen-bond acceptors (Lipinski definition) is 5. The molecule has 8 nitrogen and oxygen atoms in total. The minimum Gasteiger partial charge on any atom is -0.347 e. The van der Waals surface area contributed by atoms with Crippen molar-refractivity contribution in [2.45, 2.75) is 31.2 Å². The Hall–Kier alpha value is -2.94. The van der Waals surface area contributed by atoms with Gasteiger partial charge in [-0.05, 0) is 51.1 Å². The number of carbonyl (C=O) groups is 1. The van der Waals surface area contributed by atoms with Crippen molar-refractivity contribution >= 4 is 27.3 Å². The summed E-state index contributed by atoms with van der Waals surface area (Å²) in [6.07, 6.45) is 0. The van der Waals surface area contributed by atoms with E-state index >= 15 is 0 Å². The molecule has 9 heteroatoms. The first-order valence-corrected chi connectivity index (χ1v) is 9.16.